The molecule has 4 fully saturated rings. The van der Waals surface area contributed by atoms with Crippen LogP contribution in [-0.2, 0) is 14.3 Å². The average Bonchev–Trinajstić information content (AvgIpc) is 2.95. The Morgan fingerprint density at radius 1 is 1.44 bits per heavy atom. The van der Waals surface area contributed by atoms with Gasteiger partial charge in [-0.25, -0.2) is 0 Å². The van der Waals surface area contributed by atoms with Gasteiger partial charge in [-0.05, 0) is 49.7 Å². The van der Waals surface area contributed by atoms with Crippen LogP contribution in [0.3, 0.4) is 0 Å². The van der Waals surface area contributed by atoms with Crippen LogP contribution in [0.4, 0.5) is 0 Å². The maximum absolute atomic E-state index is 12.7. The van der Waals surface area contributed by atoms with Gasteiger partial charge >= 0.3 is 11.9 Å². The second-order valence-electron chi connectivity index (χ2n) is 8.94. The SMILES string of the molecule is C=C1C[C@@]23C[C@]1(O)CC[C@@H]2[C@@]12C=C[C@H](O)[C@](C)(C(=O)O1)[C@H]2[C@@H]3C(=O)O. The second-order valence-corrected chi connectivity index (χ2v) is 8.94. The van der Waals surface area contributed by atoms with Crippen LogP contribution in [0.25, 0.3) is 0 Å². The molecule has 3 N–H and O–H groups in total. The van der Waals surface area contributed by atoms with E-state index in [1.54, 1.807) is 19.1 Å². The fraction of sp³-hybridized carbons (Fsp3) is 0.684. The molecule has 6 nitrogen and oxygen atoms in total. The Hall–Kier alpha value is -1.66. The third-order valence-electron chi connectivity index (χ3n) is 8.12. The number of carboxylic acid groups (broad SMARTS) is 1. The van der Waals surface area contributed by atoms with Crippen LogP contribution < -0.4 is 0 Å². The Morgan fingerprint density at radius 2 is 2.16 bits per heavy atom. The molecule has 5 rings (SSSR count). The molecule has 1 spiro atoms. The number of carbonyl (C=O) groups is 2. The molecular weight excluding hydrogens is 324 g/mol. The lowest BCUT2D eigenvalue weighted by atomic mass is 9.61. The number of aliphatic hydroxyl groups is 2. The summed E-state index contributed by atoms with van der Waals surface area (Å²) in [4.78, 5) is 25.1. The van der Waals surface area contributed by atoms with E-state index in [-0.39, 0.29) is 5.92 Å². The molecule has 1 heterocycles. The minimum atomic E-state index is -1.27. The predicted octanol–water partition coefficient (Wildman–Crippen LogP) is 1.03. The van der Waals surface area contributed by atoms with Crippen LogP contribution in [0.15, 0.2) is 24.3 Å². The van der Waals surface area contributed by atoms with E-state index in [2.05, 4.69) is 6.58 Å². The van der Waals surface area contributed by atoms with Crippen LogP contribution in [0.2, 0.25) is 0 Å². The highest BCUT2D eigenvalue weighted by molar-refractivity contribution is 5.86. The quantitative estimate of drug-likeness (QED) is 0.484. The number of fused-ring (bicyclic) bond motifs is 1. The van der Waals surface area contributed by atoms with E-state index < -0.39 is 51.9 Å². The molecule has 3 saturated carbocycles. The molecule has 4 aliphatic carbocycles. The van der Waals surface area contributed by atoms with Crippen molar-refractivity contribution >= 4 is 11.9 Å². The van der Waals surface area contributed by atoms with E-state index >= 15 is 0 Å². The zero-order valence-electron chi connectivity index (χ0n) is 14.1. The van der Waals surface area contributed by atoms with Crippen LogP contribution in [0.5, 0.6) is 0 Å². The predicted molar refractivity (Wildman–Crippen MR) is 85.2 cm³/mol. The number of hydrogen-bond acceptors (Lipinski definition) is 5. The molecular formula is C19H22O6. The maximum atomic E-state index is 12.7. The van der Waals surface area contributed by atoms with Gasteiger partial charge in [-0.2, -0.15) is 0 Å². The average molecular weight is 346 g/mol. The highest BCUT2D eigenvalue weighted by Gasteiger charge is 2.83. The van der Waals surface area contributed by atoms with Gasteiger partial charge in [0.2, 0.25) is 0 Å². The summed E-state index contributed by atoms with van der Waals surface area (Å²) < 4.78 is 5.87. The fourth-order valence-corrected chi connectivity index (χ4v) is 7.13. The molecule has 0 radical (unpaired) electrons. The van der Waals surface area contributed by atoms with Gasteiger partial charge in [0.1, 0.15) is 11.0 Å². The van der Waals surface area contributed by atoms with Crippen molar-refractivity contribution in [3.05, 3.63) is 24.3 Å². The molecule has 4 bridgehead atoms. The number of aliphatic hydroxyl groups excluding tert-OH is 1. The zero-order valence-corrected chi connectivity index (χ0v) is 14.1. The number of carboxylic acids is 1. The number of ether oxygens (including phenoxy) is 1. The molecule has 134 valence electrons. The van der Waals surface area contributed by atoms with Crippen LogP contribution in [0, 0.1) is 28.6 Å². The van der Waals surface area contributed by atoms with E-state index in [0.29, 0.717) is 31.3 Å². The zero-order chi connectivity index (χ0) is 18.0. The summed E-state index contributed by atoms with van der Waals surface area (Å²) in [5.41, 5.74) is -3.29. The first kappa shape index (κ1) is 15.6. The molecule has 25 heavy (non-hydrogen) atoms. The molecule has 5 aliphatic rings. The first-order valence-corrected chi connectivity index (χ1v) is 8.86. The third-order valence-corrected chi connectivity index (χ3v) is 8.12. The largest absolute Gasteiger partial charge is 0.481 e. The fourth-order valence-electron chi connectivity index (χ4n) is 7.13. The molecule has 0 amide bonds. The van der Waals surface area contributed by atoms with Crippen molar-refractivity contribution in [3.63, 3.8) is 0 Å². The van der Waals surface area contributed by atoms with Gasteiger partial charge in [-0.15, -0.1) is 0 Å². The van der Waals surface area contributed by atoms with E-state index in [1.807, 2.05) is 0 Å². The standard InChI is InChI=1S/C19H22O6/c1-9-7-17-8-18(9,24)5-3-10(17)19-6-4-11(20)16(2,15(23)25-19)13(19)12(17)14(21)22/h4,6,10-13,20,24H,1,3,5,7-8H2,2H3,(H,21,22)/t10-,11-,12+,13+,16-,17+,18+,19+/m0/s1. The number of hydrogen-bond donors (Lipinski definition) is 3. The summed E-state index contributed by atoms with van der Waals surface area (Å²) >= 11 is 0. The smallest absolute Gasteiger partial charge is 0.316 e. The number of aliphatic carboxylic acids is 1. The van der Waals surface area contributed by atoms with Crippen molar-refractivity contribution in [3.8, 4) is 0 Å². The van der Waals surface area contributed by atoms with Crippen LogP contribution in [-0.4, -0.2) is 44.6 Å². The Bertz CT molecular complexity index is 772. The van der Waals surface area contributed by atoms with Gasteiger partial charge < -0.3 is 20.1 Å². The van der Waals surface area contributed by atoms with Crippen molar-refractivity contribution in [2.24, 2.45) is 28.6 Å². The summed E-state index contributed by atoms with van der Waals surface area (Å²) in [7, 11) is 0. The van der Waals surface area contributed by atoms with Gasteiger partial charge in [-0.3, -0.25) is 9.59 Å². The van der Waals surface area contributed by atoms with Gasteiger partial charge in [0.05, 0.1) is 17.6 Å². The molecule has 0 aromatic carbocycles. The molecule has 0 aromatic rings. The van der Waals surface area contributed by atoms with E-state index in [1.165, 1.54) is 0 Å². The van der Waals surface area contributed by atoms with E-state index in [9.17, 15) is 24.9 Å². The summed E-state index contributed by atoms with van der Waals surface area (Å²) in [5.74, 6) is -3.18. The molecule has 0 unspecified atom stereocenters. The lowest BCUT2D eigenvalue weighted by Gasteiger charge is -2.44. The Kier molecular flexibility index (Phi) is 2.50. The second kappa shape index (κ2) is 4.01. The van der Waals surface area contributed by atoms with Gasteiger partial charge in [0.25, 0.3) is 0 Å². The summed E-state index contributed by atoms with van der Waals surface area (Å²) in [6.07, 6.45) is 4.11. The molecule has 8 atom stereocenters. The van der Waals surface area contributed by atoms with Crippen molar-refractivity contribution in [2.45, 2.75) is 49.9 Å². The van der Waals surface area contributed by atoms with Gasteiger partial charge in [0, 0.05) is 11.8 Å². The van der Waals surface area contributed by atoms with Gasteiger partial charge in [0.15, 0.2) is 0 Å². The summed E-state index contributed by atoms with van der Waals surface area (Å²) in [5, 5.41) is 31.6. The van der Waals surface area contributed by atoms with E-state index in [0.717, 1.165) is 0 Å². The van der Waals surface area contributed by atoms with Crippen LogP contribution >= 0.6 is 0 Å². The Labute approximate surface area is 145 Å². The van der Waals surface area contributed by atoms with Crippen molar-refractivity contribution < 1.29 is 29.6 Å². The van der Waals surface area contributed by atoms with Crippen molar-refractivity contribution in [1.82, 2.24) is 0 Å². The number of rotatable bonds is 1. The molecule has 0 aromatic heterocycles. The Balaban J connectivity index is 1.78. The number of esters is 1. The lowest BCUT2D eigenvalue weighted by molar-refractivity contribution is -0.163. The third kappa shape index (κ3) is 1.36. The molecule has 1 aliphatic heterocycles. The summed E-state index contributed by atoms with van der Waals surface area (Å²) in [6.45, 7) is 5.64. The molecule has 1 saturated heterocycles. The van der Waals surface area contributed by atoms with E-state index in [4.69, 9.17) is 4.74 Å². The minimum Gasteiger partial charge on any atom is -0.481 e. The number of carbonyl (C=O) groups excluding carboxylic acids is 1. The highest BCUT2D eigenvalue weighted by Crippen LogP contribution is 2.77. The van der Waals surface area contributed by atoms with Crippen LogP contribution in [0.1, 0.15) is 32.6 Å². The first-order chi connectivity index (χ1) is 11.6. The highest BCUT2D eigenvalue weighted by atomic mass is 16.6. The first-order valence-electron chi connectivity index (χ1n) is 8.86. The van der Waals surface area contributed by atoms with Gasteiger partial charge in [-0.1, -0.05) is 12.7 Å². The molecule has 6 heteroatoms. The van der Waals surface area contributed by atoms with Crippen molar-refractivity contribution in [2.75, 3.05) is 0 Å². The lowest BCUT2D eigenvalue weighted by Crippen LogP contribution is -2.50. The van der Waals surface area contributed by atoms with Crippen molar-refractivity contribution in [1.29, 1.82) is 0 Å². The Morgan fingerprint density at radius 3 is 2.84 bits per heavy atom. The monoisotopic (exact) mass is 346 g/mol. The topological polar surface area (TPSA) is 104 Å². The summed E-state index contributed by atoms with van der Waals surface area (Å²) in [6, 6.07) is 0. The normalized spacial score (nSPS) is 58.0. The minimum absolute atomic E-state index is 0.180. The maximum Gasteiger partial charge on any atom is 0.316 e.